The Morgan fingerprint density at radius 2 is 1.70 bits per heavy atom. The zero-order valence-corrected chi connectivity index (χ0v) is 18.4. The summed E-state index contributed by atoms with van der Waals surface area (Å²) in [6, 6.07) is 13.3. The molecule has 0 radical (unpaired) electrons. The van der Waals surface area contributed by atoms with Crippen LogP contribution in [0.4, 0.5) is 0 Å². The van der Waals surface area contributed by atoms with Crippen molar-refractivity contribution in [3.63, 3.8) is 0 Å². The van der Waals surface area contributed by atoms with Gasteiger partial charge in [0.05, 0.1) is 11.4 Å². The summed E-state index contributed by atoms with van der Waals surface area (Å²) in [5.74, 6) is 0.589. The maximum atomic E-state index is 13.1. The van der Waals surface area contributed by atoms with Crippen molar-refractivity contribution in [2.45, 2.75) is 43.5 Å². The minimum atomic E-state index is -3.53. The lowest BCUT2D eigenvalue weighted by Crippen LogP contribution is -2.52. The number of hydrogen-bond donors (Lipinski definition) is 1. The fraction of sp³-hybridized carbons (Fsp3) is 0.522. The number of nitrogens with zero attached hydrogens (tertiary/aromatic N) is 2. The number of nitrogens with one attached hydrogen (secondary N) is 1. The summed E-state index contributed by atoms with van der Waals surface area (Å²) in [6.07, 6.45) is 4.67. The zero-order chi connectivity index (χ0) is 21.1. The molecule has 0 spiro atoms. The van der Waals surface area contributed by atoms with Crippen LogP contribution >= 0.6 is 0 Å². The molecule has 2 aliphatic rings. The van der Waals surface area contributed by atoms with Gasteiger partial charge in [-0.25, -0.2) is 8.42 Å². The SMILES string of the molecule is C[C@@H]1CCCC[C@H]1NC(=O)CN1CCN(S(=O)(=O)c2ccc3ccccc3c2)CC1. The van der Waals surface area contributed by atoms with Crippen molar-refractivity contribution in [2.24, 2.45) is 5.92 Å². The summed E-state index contributed by atoms with van der Waals surface area (Å²) >= 11 is 0. The number of fused-ring (bicyclic) bond motifs is 1. The molecule has 1 N–H and O–H groups in total. The van der Waals surface area contributed by atoms with Gasteiger partial charge in [0.1, 0.15) is 0 Å². The van der Waals surface area contributed by atoms with Crippen molar-refractivity contribution in [2.75, 3.05) is 32.7 Å². The van der Waals surface area contributed by atoms with Gasteiger partial charge >= 0.3 is 0 Å². The number of piperazine rings is 1. The van der Waals surface area contributed by atoms with E-state index in [1.807, 2.05) is 30.3 Å². The lowest BCUT2D eigenvalue weighted by Gasteiger charge is -2.34. The van der Waals surface area contributed by atoms with Crippen LogP contribution in [0.25, 0.3) is 10.8 Å². The minimum Gasteiger partial charge on any atom is -0.352 e. The third-order valence-electron chi connectivity index (χ3n) is 6.52. The van der Waals surface area contributed by atoms with Gasteiger partial charge in [-0.2, -0.15) is 4.31 Å². The van der Waals surface area contributed by atoms with E-state index in [-0.39, 0.29) is 11.9 Å². The molecule has 1 saturated heterocycles. The predicted molar refractivity (Wildman–Crippen MR) is 119 cm³/mol. The highest BCUT2D eigenvalue weighted by molar-refractivity contribution is 7.89. The van der Waals surface area contributed by atoms with E-state index < -0.39 is 10.0 Å². The van der Waals surface area contributed by atoms with E-state index in [2.05, 4.69) is 17.1 Å². The fourth-order valence-corrected chi connectivity index (χ4v) is 6.05. The molecule has 2 aromatic carbocycles. The van der Waals surface area contributed by atoms with Crippen molar-refractivity contribution >= 4 is 26.7 Å². The van der Waals surface area contributed by atoms with Gasteiger partial charge in [0, 0.05) is 32.2 Å². The van der Waals surface area contributed by atoms with Crippen molar-refractivity contribution in [1.29, 1.82) is 0 Å². The lowest BCUT2D eigenvalue weighted by molar-refractivity contribution is -0.123. The molecule has 1 aliphatic heterocycles. The molecule has 30 heavy (non-hydrogen) atoms. The average Bonchev–Trinajstić information content (AvgIpc) is 2.75. The first-order chi connectivity index (χ1) is 14.4. The van der Waals surface area contributed by atoms with E-state index in [1.54, 1.807) is 12.1 Å². The topological polar surface area (TPSA) is 69.7 Å². The number of sulfonamides is 1. The Bertz CT molecular complexity index is 1000. The molecular formula is C23H31N3O3S. The first-order valence-electron chi connectivity index (χ1n) is 10.9. The molecule has 0 bridgehead atoms. The molecule has 1 heterocycles. The largest absolute Gasteiger partial charge is 0.352 e. The molecule has 2 fully saturated rings. The van der Waals surface area contributed by atoms with Gasteiger partial charge in [0.2, 0.25) is 15.9 Å². The monoisotopic (exact) mass is 429 g/mol. The summed E-state index contributed by atoms with van der Waals surface area (Å²) in [4.78, 5) is 14.8. The van der Waals surface area contributed by atoms with E-state index in [0.717, 1.165) is 17.2 Å². The van der Waals surface area contributed by atoms with Gasteiger partial charge in [0.25, 0.3) is 0 Å². The van der Waals surface area contributed by atoms with Crippen LogP contribution in [0, 0.1) is 5.92 Å². The quantitative estimate of drug-likeness (QED) is 0.794. The number of carbonyl (C=O) groups excluding carboxylic acids is 1. The molecule has 1 aliphatic carbocycles. The molecule has 1 amide bonds. The molecule has 2 atom stereocenters. The third kappa shape index (κ3) is 4.68. The number of benzene rings is 2. The Hall–Kier alpha value is -1.96. The van der Waals surface area contributed by atoms with Crippen LogP contribution in [0.15, 0.2) is 47.4 Å². The highest BCUT2D eigenvalue weighted by Crippen LogP contribution is 2.24. The summed E-state index contributed by atoms with van der Waals surface area (Å²) in [5.41, 5.74) is 0. The number of carbonyl (C=O) groups is 1. The van der Waals surface area contributed by atoms with E-state index in [9.17, 15) is 13.2 Å². The molecule has 2 aromatic rings. The highest BCUT2D eigenvalue weighted by atomic mass is 32.2. The Morgan fingerprint density at radius 3 is 2.43 bits per heavy atom. The van der Waals surface area contributed by atoms with Gasteiger partial charge in [-0.15, -0.1) is 0 Å². The van der Waals surface area contributed by atoms with Gasteiger partial charge in [0.15, 0.2) is 0 Å². The van der Waals surface area contributed by atoms with E-state index in [4.69, 9.17) is 0 Å². The first-order valence-corrected chi connectivity index (χ1v) is 12.4. The molecule has 0 unspecified atom stereocenters. The van der Waals surface area contributed by atoms with Crippen LogP contribution in [0.2, 0.25) is 0 Å². The molecule has 7 heteroatoms. The molecule has 162 valence electrons. The van der Waals surface area contributed by atoms with Crippen LogP contribution in [0.3, 0.4) is 0 Å². The van der Waals surface area contributed by atoms with E-state index >= 15 is 0 Å². The summed E-state index contributed by atoms with van der Waals surface area (Å²) in [5, 5.41) is 5.14. The first kappa shape index (κ1) is 21.3. The Labute approximate surface area is 179 Å². The van der Waals surface area contributed by atoms with Gasteiger partial charge in [-0.3, -0.25) is 9.69 Å². The number of rotatable bonds is 5. The van der Waals surface area contributed by atoms with E-state index in [0.29, 0.717) is 43.5 Å². The van der Waals surface area contributed by atoms with E-state index in [1.165, 1.54) is 23.6 Å². The highest BCUT2D eigenvalue weighted by Gasteiger charge is 2.30. The summed E-state index contributed by atoms with van der Waals surface area (Å²) in [7, 11) is -3.53. The predicted octanol–water partition coefficient (Wildman–Crippen LogP) is 2.84. The molecular weight excluding hydrogens is 398 g/mol. The standard InChI is InChI=1S/C23H31N3O3S/c1-18-6-2-5-9-22(18)24-23(27)17-25-12-14-26(15-13-25)30(28,29)21-11-10-19-7-3-4-8-20(19)16-21/h3-4,7-8,10-11,16,18,22H,2,5-6,9,12-15,17H2,1H3,(H,24,27)/t18-,22-/m1/s1. The number of hydrogen-bond acceptors (Lipinski definition) is 4. The van der Waals surface area contributed by atoms with Crippen LogP contribution in [-0.4, -0.2) is 62.3 Å². The Morgan fingerprint density at radius 1 is 1.00 bits per heavy atom. The van der Waals surface area contributed by atoms with Crippen molar-refractivity contribution in [3.8, 4) is 0 Å². The van der Waals surface area contributed by atoms with Crippen LogP contribution in [0.1, 0.15) is 32.6 Å². The Kier molecular flexibility index (Phi) is 6.41. The Balaban J connectivity index is 1.33. The van der Waals surface area contributed by atoms with Crippen molar-refractivity contribution in [3.05, 3.63) is 42.5 Å². The maximum absolute atomic E-state index is 13.1. The molecule has 0 aromatic heterocycles. The third-order valence-corrected chi connectivity index (χ3v) is 8.41. The molecule has 6 nitrogen and oxygen atoms in total. The molecule has 4 rings (SSSR count). The molecule has 1 saturated carbocycles. The average molecular weight is 430 g/mol. The number of amides is 1. The summed E-state index contributed by atoms with van der Waals surface area (Å²) in [6.45, 7) is 4.50. The minimum absolute atomic E-state index is 0.0552. The van der Waals surface area contributed by atoms with Crippen molar-refractivity contribution < 1.29 is 13.2 Å². The fourth-order valence-electron chi connectivity index (χ4n) is 4.59. The second-order valence-corrected chi connectivity index (χ2v) is 10.6. The maximum Gasteiger partial charge on any atom is 0.243 e. The van der Waals surface area contributed by atoms with Crippen LogP contribution in [0.5, 0.6) is 0 Å². The van der Waals surface area contributed by atoms with Crippen molar-refractivity contribution in [1.82, 2.24) is 14.5 Å². The second kappa shape index (κ2) is 9.04. The van der Waals surface area contributed by atoms with Crippen LogP contribution < -0.4 is 5.32 Å². The van der Waals surface area contributed by atoms with Gasteiger partial charge in [-0.1, -0.05) is 50.1 Å². The lowest BCUT2D eigenvalue weighted by atomic mass is 9.86. The zero-order valence-electron chi connectivity index (χ0n) is 17.6. The van der Waals surface area contributed by atoms with Gasteiger partial charge in [-0.05, 0) is 41.7 Å². The second-order valence-electron chi connectivity index (χ2n) is 8.62. The van der Waals surface area contributed by atoms with Crippen LogP contribution in [-0.2, 0) is 14.8 Å². The smallest absolute Gasteiger partial charge is 0.243 e. The van der Waals surface area contributed by atoms with Gasteiger partial charge < -0.3 is 5.32 Å². The summed E-state index contributed by atoms with van der Waals surface area (Å²) < 4.78 is 27.7. The normalized spacial score (nSPS) is 24.0.